The summed E-state index contributed by atoms with van der Waals surface area (Å²) >= 11 is 0. The van der Waals surface area contributed by atoms with E-state index in [1.165, 1.54) is 35.3 Å². The van der Waals surface area contributed by atoms with E-state index in [0.29, 0.717) is 18.5 Å². The molecule has 0 spiro atoms. The predicted molar refractivity (Wildman–Crippen MR) is 102 cm³/mol. The van der Waals surface area contributed by atoms with E-state index in [9.17, 15) is 17.6 Å². The molecule has 1 fully saturated rings. The summed E-state index contributed by atoms with van der Waals surface area (Å²) in [4.78, 5) is 16.4. The number of halogens is 1. The first-order valence-electron chi connectivity index (χ1n) is 9.04. The fraction of sp³-hybridized carbons (Fsp3) is 0.211. The summed E-state index contributed by atoms with van der Waals surface area (Å²) in [6.45, 7) is 0. The molecule has 8 nitrogen and oxygen atoms in total. The molecule has 2 aliphatic rings. The van der Waals surface area contributed by atoms with Crippen LogP contribution in [-0.2, 0) is 10.0 Å². The standard InChI is InChI=1S/C19H16FN5O3S/c20-14-3-1-2-11(6-14)13-7-15(8-13)23-18(26)12-4-5-16-17(9-12)29(27,28)24-19-21-10-22-25(16)19/h1-6,9-10,13,15H,7-8H2,(H,23,26)(H,21,22,24). The number of aromatic nitrogens is 3. The Morgan fingerprint density at radius 2 is 2.03 bits per heavy atom. The summed E-state index contributed by atoms with van der Waals surface area (Å²) in [6.07, 6.45) is 2.67. The van der Waals surface area contributed by atoms with Gasteiger partial charge in [-0.1, -0.05) is 12.1 Å². The van der Waals surface area contributed by atoms with Crippen molar-refractivity contribution in [3.8, 4) is 5.69 Å². The summed E-state index contributed by atoms with van der Waals surface area (Å²) in [5, 5.41) is 6.92. The molecule has 0 bridgehead atoms. The van der Waals surface area contributed by atoms with Gasteiger partial charge in [0, 0.05) is 11.6 Å². The minimum atomic E-state index is -3.84. The first-order chi connectivity index (χ1) is 13.9. The third-order valence-corrected chi connectivity index (χ3v) is 6.66. The highest BCUT2D eigenvalue weighted by Crippen LogP contribution is 2.37. The van der Waals surface area contributed by atoms with Gasteiger partial charge in [0.15, 0.2) is 0 Å². The van der Waals surface area contributed by atoms with Crippen LogP contribution in [0.4, 0.5) is 10.3 Å². The number of nitrogens with zero attached hydrogens (tertiary/aromatic N) is 3. The quantitative estimate of drug-likeness (QED) is 0.685. The van der Waals surface area contributed by atoms with Crippen LogP contribution < -0.4 is 10.0 Å². The molecule has 1 aromatic heterocycles. The van der Waals surface area contributed by atoms with E-state index < -0.39 is 10.0 Å². The molecule has 1 aliphatic heterocycles. The second kappa shape index (κ2) is 6.38. The number of amides is 1. The van der Waals surface area contributed by atoms with Crippen LogP contribution in [0.3, 0.4) is 0 Å². The molecule has 29 heavy (non-hydrogen) atoms. The van der Waals surface area contributed by atoms with Crippen molar-refractivity contribution >= 4 is 21.9 Å². The monoisotopic (exact) mass is 413 g/mol. The van der Waals surface area contributed by atoms with Crippen molar-refractivity contribution in [1.82, 2.24) is 20.1 Å². The Kier molecular flexibility index (Phi) is 3.91. The van der Waals surface area contributed by atoms with E-state index >= 15 is 0 Å². The van der Waals surface area contributed by atoms with Gasteiger partial charge in [-0.3, -0.25) is 4.79 Å². The molecule has 0 atom stereocenters. The van der Waals surface area contributed by atoms with Gasteiger partial charge in [-0.05, 0) is 54.7 Å². The number of nitrogens with one attached hydrogen (secondary N) is 2. The van der Waals surface area contributed by atoms with Crippen molar-refractivity contribution in [3.63, 3.8) is 0 Å². The number of sulfonamides is 1. The Labute approximate surface area is 165 Å². The number of anilines is 1. The molecule has 0 saturated heterocycles. The van der Waals surface area contributed by atoms with Gasteiger partial charge in [0.25, 0.3) is 15.9 Å². The number of hydrogen-bond donors (Lipinski definition) is 2. The van der Waals surface area contributed by atoms with Crippen LogP contribution in [0, 0.1) is 5.82 Å². The average molecular weight is 413 g/mol. The van der Waals surface area contributed by atoms with Gasteiger partial charge in [-0.15, -0.1) is 0 Å². The van der Waals surface area contributed by atoms with Crippen molar-refractivity contribution in [3.05, 3.63) is 65.7 Å². The number of carbonyl (C=O) groups excluding carboxylic acids is 1. The van der Waals surface area contributed by atoms with Crippen LogP contribution in [0.15, 0.2) is 53.7 Å². The molecule has 1 saturated carbocycles. The lowest BCUT2D eigenvalue weighted by atomic mass is 9.76. The van der Waals surface area contributed by atoms with E-state index in [2.05, 4.69) is 20.1 Å². The van der Waals surface area contributed by atoms with E-state index in [4.69, 9.17) is 0 Å². The third kappa shape index (κ3) is 3.05. The molecule has 5 rings (SSSR count). The Morgan fingerprint density at radius 3 is 2.83 bits per heavy atom. The molecule has 0 unspecified atom stereocenters. The SMILES string of the molecule is O=C(NC1CC(c2cccc(F)c2)C1)c1ccc2c(c1)S(=O)(=O)Nc1ncnn1-2. The zero-order chi connectivity index (χ0) is 20.2. The highest BCUT2D eigenvalue weighted by molar-refractivity contribution is 7.93. The molecule has 148 valence electrons. The summed E-state index contributed by atoms with van der Waals surface area (Å²) in [5.41, 5.74) is 1.50. The molecular formula is C19H16FN5O3S. The van der Waals surface area contributed by atoms with Crippen LogP contribution in [0.25, 0.3) is 5.69 Å². The summed E-state index contributed by atoms with van der Waals surface area (Å²) in [5.74, 6) is -0.313. The maximum atomic E-state index is 13.4. The second-order valence-corrected chi connectivity index (χ2v) is 8.83. The number of fused-ring (bicyclic) bond motifs is 3. The van der Waals surface area contributed by atoms with Gasteiger partial charge in [-0.2, -0.15) is 14.8 Å². The van der Waals surface area contributed by atoms with Crippen LogP contribution in [0.2, 0.25) is 0 Å². The zero-order valence-electron chi connectivity index (χ0n) is 15.0. The van der Waals surface area contributed by atoms with Gasteiger partial charge in [0.05, 0.1) is 5.69 Å². The van der Waals surface area contributed by atoms with Crippen LogP contribution in [0.5, 0.6) is 0 Å². The fourth-order valence-corrected chi connectivity index (χ4v) is 4.95. The molecule has 2 N–H and O–H groups in total. The minimum absolute atomic E-state index is 0.0330. The molecule has 3 aromatic rings. The third-order valence-electron chi connectivity index (χ3n) is 5.31. The summed E-state index contributed by atoms with van der Waals surface area (Å²) < 4.78 is 42.0. The van der Waals surface area contributed by atoms with Crippen LogP contribution >= 0.6 is 0 Å². The van der Waals surface area contributed by atoms with E-state index in [-0.39, 0.29) is 40.1 Å². The first kappa shape index (κ1) is 17.8. The lowest BCUT2D eigenvalue weighted by Crippen LogP contribution is -2.43. The van der Waals surface area contributed by atoms with Crippen molar-refractivity contribution < 1.29 is 17.6 Å². The lowest BCUT2D eigenvalue weighted by Gasteiger charge is -2.36. The van der Waals surface area contributed by atoms with Crippen LogP contribution in [-0.4, -0.2) is 35.1 Å². The number of carbonyl (C=O) groups is 1. The van der Waals surface area contributed by atoms with Gasteiger partial charge in [-0.25, -0.2) is 17.5 Å². The molecule has 1 amide bonds. The summed E-state index contributed by atoms with van der Waals surface area (Å²) in [6, 6.07) is 10.9. The lowest BCUT2D eigenvalue weighted by molar-refractivity contribution is 0.0908. The Balaban J connectivity index is 1.32. The van der Waals surface area contributed by atoms with Gasteiger partial charge >= 0.3 is 0 Å². The average Bonchev–Trinajstić information content (AvgIpc) is 3.11. The van der Waals surface area contributed by atoms with Gasteiger partial charge in [0.1, 0.15) is 17.0 Å². The largest absolute Gasteiger partial charge is 0.349 e. The van der Waals surface area contributed by atoms with Gasteiger partial charge < -0.3 is 5.32 Å². The topological polar surface area (TPSA) is 106 Å². The first-order valence-corrected chi connectivity index (χ1v) is 10.5. The zero-order valence-corrected chi connectivity index (χ0v) is 15.9. The highest BCUT2D eigenvalue weighted by atomic mass is 32.2. The van der Waals surface area contributed by atoms with Gasteiger partial charge in [0.2, 0.25) is 5.95 Å². The summed E-state index contributed by atoms with van der Waals surface area (Å²) in [7, 11) is -3.84. The minimum Gasteiger partial charge on any atom is -0.349 e. The maximum Gasteiger partial charge on any atom is 0.266 e. The van der Waals surface area contributed by atoms with Crippen molar-refractivity contribution in [2.75, 3.05) is 4.72 Å². The Bertz CT molecular complexity index is 1230. The normalized spacial score (nSPS) is 21.3. The molecule has 10 heteroatoms. The van der Waals surface area contributed by atoms with Crippen LogP contribution in [0.1, 0.15) is 34.7 Å². The highest BCUT2D eigenvalue weighted by Gasteiger charge is 2.33. The number of hydrogen-bond acceptors (Lipinski definition) is 5. The van der Waals surface area contributed by atoms with Crippen molar-refractivity contribution in [2.45, 2.75) is 29.7 Å². The molecule has 2 heterocycles. The number of rotatable bonds is 3. The smallest absolute Gasteiger partial charge is 0.266 e. The second-order valence-electron chi connectivity index (χ2n) is 7.18. The molecule has 2 aromatic carbocycles. The maximum absolute atomic E-state index is 13.4. The Morgan fingerprint density at radius 1 is 1.21 bits per heavy atom. The Hall–Kier alpha value is -3.27. The van der Waals surface area contributed by atoms with E-state index in [1.807, 2.05) is 6.07 Å². The number of benzene rings is 2. The molecular weight excluding hydrogens is 397 g/mol. The van der Waals surface area contributed by atoms with Crippen molar-refractivity contribution in [1.29, 1.82) is 0 Å². The van der Waals surface area contributed by atoms with E-state index in [1.54, 1.807) is 12.1 Å². The fourth-order valence-electron chi connectivity index (χ4n) is 3.75. The molecule has 0 radical (unpaired) electrons. The van der Waals surface area contributed by atoms with Crippen molar-refractivity contribution in [2.24, 2.45) is 0 Å². The molecule has 1 aliphatic carbocycles. The predicted octanol–water partition coefficient (Wildman–Crippen LogP) is 2.20. The van der Waals surface area contributed by atoms with E-state index in [0.717, 1.165) is 5.56 Å².